The van der Waals surface area contributed by atoms with E-state index >= 15 is 0 Å². The smallest absolute Gasteiger partial charge is 0.338 e. The van der Waals surface area contributed by atoms with Crippen LogP contribution in [0.1, 0.15) is 66.4 Å². The molecule has 8 rings (SSSR count). The third-order valence-electron chi connectivity index (χ3n) is 8.49. The summed E-state index contributed by atoms with van der Waals surface area (Å²) in [4.78, 5) is 70.8. The number of hydrogen-bond acceptors (Lipinski definition) is 12. The van der Waals surface area contributed by atoms with Crippen LogP contribution in [0.5, 0.6) is 0 Å². The first kappa shape index (κ1) is 40.9. The normalized spacial score (nSPS) is 10.4. The largest absolute Gasteiger partial charge is 0.462 e. The second-order valence-electron chi connectivity index (χ2n) is 12.4. The molecular weight excluding hydrogens is 772 g/mol. The van der Waals surface area contributed by atoms with Crippen molar-refractivity contribution in [3.63, 3.8) is 0 Å². The summed E-state index contributed by atoms with van der Waals surface area (Å²) in [7, 11) is 0. The van der Waals surface area contributed by atoms with Crippen molar-refractivity contribution in [2.24, 2.45) is 0 Å². The zero-order valence-corrected chi connectivity index (χ0v) is 32.6. The van der Waals surface area contributed by atoms with E-state index in [1.165, 1.54) is 12.7 Å². The summed E-state index contributed by atoms with van der Waals surface area (Å²) in [6.45, 7) is 4.21. The number of nitrogens with one attached hydrogen (secondary N) is 3. The van der Waals surface area contributed by atoms with Crippen molar-refractivity contribution in [1.82, 2.24) is 29.9 Å². The van der Waals surface area contributed by atoms with Gasteiger partial charge in [0.2, 0.25) is 0 Å². The number of carbonyl (C=O) groups is 4. The van der Waals surface area contributed by atoms with Gasteiger partial charge in [-0.25, -0.2) is 29.5 Å². The van der Waals surface area contributed by atoms with E-state index in [0.717, 1.165) is 0 Å². The Hall–Kier alpha value is -7.71. The molecule has 4 heterocycles. The number of esters is 2. The van der Waals surface area contributed by atoms with E-state index in [0.29, 0.717) is 85.9 Å². The van der Waals surface area contributed by atoms with Crippen molar-refractivity contribution in [2.45, 2.75) is 13.8 Å². The molecule has 0 saturated heterocycles. The highest BCUT2D eigenvalue weighted by Crippen LogP contribution is 2.29. The molecule has 0 aliphatic heterocycles. The van der Waals surface area contributed by atoms with Crippen molar-refractivity contribution >= 4 is 74.4 Å². The molecule has 0 spiro atoms. The summed E-state index contributed by atoms with van der Waals surface area (Å²) in [5, 5.41) is 4.61. The first-order valence-electron chi connectivity index (χ1n) is 18.2. The monoisotopic (exact) mass is 808 g/mol. The van der Waals surface area contributed by atoms with Gasteiger partial charge in [-0.1, -0.05) is 84.4 Å². The molecule has 0 atom stereocenters. The van der Waals surface area contributed by atoms with Crippen molar-refractivity contribution in [2.75, 3.05) is 24.3 Å². The number of nitrogen functional groups attached to an aromatic ring is 1. The fourth-order valence-corrected chi connectivity index (χ4v) is 6.02. The highest BCUT2D eigenvalue weighted by molar-refractivity contribution is 6.36. The number of H-pyrrole nitrogens is 2. The number of nitrogens with zero attached hydrogens (tertiary/aromatic N) is 4. The van der Waals surface area contributed by atoms with Gasteiger partial charge in [0.05, 0.1) is 46.2 Å². The number of ketones is 2. The zero-order valence-electron chi connectivity index (χ0n) is 31.8. The van der Waals surface area contributed by atoms with Crippen molar-refractivity contribution in [3.05, 3.63) is 173 Å². The van der Waals surface area contributed by atoms with E-state index in [9.17, 15) is 19.2 Å². The maximum atomic E-state index is 13.0. The number of ether oxygens (including phenoxy) is 2. The first-order valence-corrected chi connectivity index (χ1v) is 18.6. The first-order chi connectivity index (χ1) is 28.7. The Morgan fingerprint density at radius 2 is 1.10 bits per heavy atom. The van der Waals surface area contributed by atoms with Crippen molar-refractivity contribution < 1.29 is 28.7 Å². The van der Waals surface area contributed by atoms with Gasteiger partial charge in [-0.05, 0) is 50.2 Å². The van der Waals surface area contributed by atoms with E-state index in [2.05, 4.69) is 35.2 Å². The molecule has 59 heavy (non-hydrogen) atoms. The van der Waals surface area contributed by atoms with Gasteiger partial charge in [0, 0.05) is 34.9 Å². The Labute approximate surface area is 342 Å². The molecule has 0 amide bonds. The number of benzene rings is 4. The lowest BCUT2D eigenvalue weighted by atomic mass is 10.0. The number of halogens is 1. The average molecular weight is 809 g/mol. The topological polar surface area (TPSA) is 208 Å². The van der Waals surface area contributed by atoms with Crippen LogP contribution < -0.4 is 11.1 Å². The van der Waals surface area contributed by atoms with Crippen LogP contribution in [0.4, 0.5) is 17.2 Å². The number of carbonyl (C=O) groups excluding carboxylic acids is 4. The molecule has 0 aliphatic rings. The number of rotatable bonds is 10. The average Bonchev–Trinajstić information content (AvgIpc) is 3.91. The Kier molecular flexibility index (Phi) is 13.5. The minimum atomic E-state index is -0.398. The molecule has 0 fully saturated rings. The predicted molar refractivity (Wildman–Crippen MR) is 225 cm³/mol. The lowest BCUT2D eigenvalue weighted by Gasteiger charge is -2.09. The molecule has 4 aromatic heterocycles. The van der Waals surface area contributed by atoms with E-state index in [-0.39, 0.29) is 22.7 Å². The standard InChI is InChI=1S/C22H18N4O3.C13H8ClN3O.C9H11NO2/c1-2-29-22(28)15-9-6-10-16(11-15)26-21-18-17(12-23-20(18)24-13-25-21)19(27)14-7-4-3-5-8-14;14-12-10-9(6-15-13(10)17-7-16-12)11(18)8-4-2-1-3-5-8;1-2-12-9(11)7-4-3-5-8(10)6-7/h3-13H,2H2,1H3,(H2,23,24,25,26);1-7H,(H,15,16,17);3-6H,2,10H2,1H3. The van der Waals surface area contributed by atoms with Crippen molar-refractivity contribution in [1.29, 1.82) is 0 Å². The Morgan fingerprint density at radius 3 is 1.66 bits per heavy atom. The van der Waals surface area contributed by atoms with Gasteiger partial charge in [-0.15, -0.1) is 0 Å². The van der Waals surface area contributed by atoms with Gasteiger partial charge in [0.15, 0.2) is 11.6 Å². The Balaban J connectivity index is 0.000000165. The second-order valence-corrected chi connectivity index (χ2v) is 12.8. The number of aromatic nitrogens is 6. The predicted octanol–water partition coefficient (Wildman–Crippen LogP) is 8.40. The molecule has 0 saturated carbocycles. The lowest BCUT2D eigenvalue weighted by molar-refractivity contribution is 0.0517. The van der Waals surface area contributed by atoms with Crippen LogP contribution in [-0.2, 0) is 9.47 Å². The van der Waals surface area contributed by atoms with E-state index < -0.39 is 5.97 Å². The van der Waals surface area contributed by atoms with Crippen LogP contribution in [0.2, 0.25) is 5.15 Å². The van der Waals surface area contributed by atoms with Crippen LogP contribution in [0.15, 0.2) is 134 Å². The highest BCUT2D eigenvalue weighted by Gasteiger charge is 2.20. The minimum absolute atomic E-state index is 0.0986. The minimum Gasteiger partial charge on any atom is -0.462 e. The fraction of sp³-hybridized carbons (Fsp3) is 0.0909. The van der Waals surface area contributed by atoms with Gasteiger partial charge in [-0.2, -0.15) is 0 Å². The molecule has 14 nitrogen and oxygen atoms in total. The van der Waals surface area contributed by atoms with Gasteiger partial charge in [-0.3, -0.25) is 9.59 Å². The SMILES string of the molecule is CCOC(=O)c1cccc(N)c1.CCOC(=O)c1cccc(Nc2ncnc3[nH]cc(C(=O)c4ccccc4)c23)c1.O=C(c1ccccc1)c1c[nH]c2ncnc(Cl)c12. The molecular formula is C44H37ClN8O6. The number of aromatic amines is 2. The molecule has 0 bridgehead atoms. The summed E-state index contributed by atoms with van der Waals surface area (Å²) in [5.74, 6) is -0.486. The quantitative estimate of drug-likeness (QED) is 0.0445. The van der Waals surface area contributed by atoms with Gasteiger partial charge in [0.1, 0.15) is 34.9 Å². The third-order valence-corrected chi connectivity index (χ3v) is 8.78. The summed E-state index contributed by atoms with van der Waals surface area (Å²) in [6, 6.07) is 31.7. The summed E-state index contributed by atoms with van der Waals surface area (Å²) in [5.41, 5.74) is 10.9. The maximum Gasteiger partial charge on any atom is 0.338 e. The van der Waals surface area contributed by atoms with E-state index in [1.54, 1.807) is 93.0 Å². The number of hydrogen-bond donors (Lipinski definition) is 4. The molecule has 0 aliphatic carbocycles. The van der Waals surface area contributed by atoms with Crippen LogP contribution >= 0.6 is 11.6 Å². The molecule has 296 valence electrons. The summed E-state index contributed by atoms with van der Waals surface area (Å²) >= 11 is 6.01. The van der Waals surface area contributed by atoms with Crippen LogP contribution in [0, 0.1) is 0 Å². The van der Waals surface area contributed by atoms with Crippen LogP contribution in [-0.4, -0.2) is 66.6 Å². The molecule has 15 heteroatoms. The number of fused-ring (bicyclic) bond motifs is 2. The summed E-state index contributed by atoms with van der Waals surface area (Å²) < 4.78 is 9.84. The molecule has 0 unspecified atom stereocenters. The van der Waals surface area contributed by atoms with Gasteiger partial charge >= 0.3 is 11.9 Å². The number of anilines is 3. The third kappa shape index (κ3) is 10.0. The lowest BCUT2D eigenvalue weighted by Crippen LogP contribution is -2.05. The molecule has 0 radical (unpaired) electrons. The zero-order chi connectivity index (χ0) is 41.7. The van der Waals surface area contributed by atoms with E-state index in [1.807, 2.05) is 42.5 Å². The molecule has 8 aromatic rings. The second kappa shape index (κ2) is 19.4. The highest BCUT2D eigenvalue weighted by atomic mass is 35.5. The van der Waals surface area contributed by atoms with Crippen LogP contribution in [0.3, 0.4) is 0 Å². The van der Waals surface area contributed by atoms with Gasteiger partial charge in [0.25, 0.3) is 0 Å². The van der Waals surface area contributed by atoms with Crippen LogP contribution in [0.25, 0.3) is 22.1 Å². The van der Waals surface area contributed by atoms with Crippen molar-refractivity contribution in [3.8, 4) is 0 Å². The molecule has 4 aromatic carbocycles. The Bertz CT molecular complexity index is 2740. The van der Waals surface area contributed by atoms with Gasteiger partial charge < -0.3 is 30.5 Å². The fourth-order valence-electron chi connectivity index (χ4n) is 5.79. The maximum absolute atomic E-state index is 13.0. The molecule has 5 N–H and O–H groups in total. The summed E-state index contributed by atoms with van der Waals surface area (Å²) in [6.07, 6.45) is 6.01. The number of nitrogens with two attached hydrogens (primary N) is 1. The Morgan fingerprint density at radius 1 is 0.610 bits per heavy atom. The van der Waals surface area contributed by atoms with E-state index in [4.69, 9.17) is 26.8 Å².